The molecule has 0 aliphatic carbocycles. The average molecular weight is 483 g/mol. The Morgan fingerprint density at radius 1 is 1.09 bits per heavy atom. The fourth-order valence-electron chi connectivity index (χ4n) is 3.27. The van der Waals surface area contributed by atoms with Crippen LogP contribution in [0.5, 0.6) is 11.5 Å². The molecule has 0 fully saturated rings. The van der Waals surface area contributed by atoms with Crippen molar-refractivity contribution < 1.29 is 42.1 Å². The van der Waals surface area contributed by atoms with Crippen molar-refractivity contribution >= 4 is 11.9 Å². The molecule has 2 rings (SSSR count). The molecule has 0 heterocycles. The zero-order valence-electron chi connectivity index (χ0n) is 19.4. The van der Waals surface area contributed by atoms with Crippen molar-refractivity contribution in [2.75, 3.05) is 13.7 Å². The highest BCUT2D eigenvalue weighted by molar-refractivity contribution is 5.97. The Bertz CT molecular complexity index is 1010. The van der Waals surface area contributed by atoms with E-state index in [9.17, 15) is 27.9 Å². The molecule has 0 aliphatic heterocycles. The fraction of sp³-hybridized carbons (Fsp3) is 0.417. The molecule has 0 aromatic heterocycles. The number of carbonyl (C=O) groups excluding carboxylic acids is 1. The summed E-state index contributed by atoms with van der Waals surface area (Å²) in [6.07, 6.45) is -5.79. The van der Waals surface area contributed by atoms with E-state index in [0.717, 1.165) is 18.2 Å². The zero-order valence-corrected chi connectivity index (χ0v) is 19.4. The first kappa shape index (κ1) is 27.0. The Labute approximate surface area is 195 Å². The average Bonchev–Trinajstić information content (AvgIpc) is 2.76. The molecule has 0 aliphatic rings. The molecule has 0 saturated carbocycles. The molecule has 0 spiro atoms. The van der Waals surface area contributed by atoms with Gasteiger partial charge in [0.25, 0.3) is 5.91 Å². The number of hydrogen-bond acceptors (Lipinski definition) is 5. The van der Waals surface area contributed by atoms with Crippen LogP contribution in [0.2, 0.25) is 0 Å². The maximum absolute atomic E-state index is 13.0. The highest BCUT2D eigenvalue weighted by Gasteiger charge is 2.32. The SMILES string of the molecule is CCOc1cc(C(F)(F)F)ccc1C(=O)NCc1cc(CC(OC(C)C)C(=O)O)ccc1OC. The molecular formula is C24H28F3NO6. The van der Waals surface area contributed by atoms with Gasteiger partial charge in [-0.15, -0.1) is 0 Å². The molecule has 1 unspecified atom stereocenters. The van der Waals surface area contributed by atoms with Gasteiger partial charge >= 0.3 is 12.1 Å². The van der Waals surface area contributed by atoms with Gasteiger partial charge in [0, 0.05) is 18.5 Å². The normalized spacial score (nSPS) is 12.4. The van der Waals surface area contributed by atoms with E-state index < -0.39 is 29.7 Å². The van der Waals surface area contributed by atoms with E-state index in [1.165, 1.54) is 7.11 Å². The number of aliphatic carboxylic acids is 1. The van der Waals surface area contributed by atoms with Crippen LogP contribution in [0.25, 0.3) is 0 Å². The van der Waals surface area contributed by atoms with Gasteiger partial charge in [-0.3, -0.25) is 4.79 Å². The summed E-state index contributed by atoms with van der Waals surface area (Å²) in [6.45, 7) is 5.16. The van der Waals surface area contributed by atoms with Crippen LogP contribution >= 0.6 is 0 Å². The Hall–Kier alpha value is -3.27. The number of benzene rings is 2. The number of ether oxygens (including phenoxy) is 3. The number of carboxylic acids is 1. The summed E-state index contributed by atoms with van der Waals surface area (Å²) in [5.41, 5.74) is 0.259. The van der Waals surface area contributed by atoms with Crippen molar-refractivity contribution in [3.63, 3.8) is 0 Å². The van der Waals surface area contributed by atoms with Gasteiger partial charge in [0.15, 0.2) is 6.10 Å². The molecule has 0 saturated heterocycles. The molecule has 34 heavy (non-hydrogen) atoms. The molecule has 2 aromatic rings. The van der Waals surface area contributed by atoms with Gasteiger partial charge in [0.1, 0.15) is 11.5 Å². The summed E-state index contributed by atoms with van der Waals surface area (Å²) in [5, 5.41) is 12.1. The van der Waals surface area contributed by atoms with Crippen LogP contribution in [0, 0.1) is 0 Å². The highest BCUT2D eigenvalue weighted by atomic mass is 19.4. The number of amides is 1. The summed E-state index contributed by atoms with van der Waals surface area (Å²) < 4.78 is 55.1. The summed E-state index contributed by atoms with van der Waals surface area (Å²) in [6, 6.07) is 7.72. The fourth-order valence-corrected chi connectivity index (χ4v) is 3.27. The highest BCUT2D eigenvalue weighted by Crippen LogP contribution is 2.33. The third kappa shape index (κ3) is 7.38. The van der Waals surface area contributed by atoms with Gasteiger partial charge in [0.05, 0.1) is 30.9 Å². The number of hydrogen-bond donors (Lipinski definition) is 2. The van der Waals surface area contributed by atoms with Crippen LogP contribution in [0.15, 0.2) is 36.4 Å². The summed E-state index contributed by atoms with van der Waals surface area (Å²) >= 11 is 0. The van der Waals surface area contributed by atoms with E-state index in [0.29, 0.717) is 16.9 Å². The monoisotopic (exact) mass is 483 g/mol. The minimum atomic E-state index is -4.57. The number of alkyl halides is 3. The molecule has 0 bridgehead atoms. The van der Waals surface area contributed by atoms with E-state index >= 15 is 0 Å². The first-order chi connectivity index (χ1) is 16.0. The standard InChI is InChI=1S/C24H28F3NO6/c1-5-33-20-12-17(24(25,26)27)7-8-18(20)22(29)28-13-16-10-15(6-9-19(16)32-4)11-21(23(30)31)34-14(2)3/h6-10,12,14,21H,5,11,13H2,1-4H3,(H,28,29)(H,30,31). The molecule has 1 amide bonds. The lowest BCUT2D eigenvalue weighted by molar-refractivity contribution is -0.153. The van der Waals surface area contributed by atoms with Crippen LogP contribution < -0.4 is 14.8 Å². The number of nitrogens with one attached hydrogen (secondary N) is 1. The second-order valence-corrected chi connectivity index (χ2v) is 7.69. The van der Waals surface area contributed by atoms with Crippen molar-refractivity contribution in [3.05, 3.63) is 58.7 Å². The van der Waals surface area contributed by atoms with Crippen LogP contribution in [0.1, 0.15) is 47.8 Å². The molecule has 186 valence electrons. The zero-order chi connectivity index (χ0) is 25.5. The molecule has 10 heteroatoms. The van der Waals surface area contributed by atoms with E-state index in [2.05, 4.69) is 5.32 Å². The largest absolute Gasteiger partial charge is 0.496 e. The predicted molar refractivity (Wildman–Crippen MR) is 118 cm³/mol. The van der Waals surface area contributed by atoms with Crippen molar-refractivity contribution in [2.24, 2.45) is 0 Å². The number of methoxy groups -OCH3 is 1. The number of carbonyl (C=O) groups is 2. The number of carboxylic acid groups (broad SMARTS) is 1. The first-order valence-corrected chi connectivity index (χ1v) is 10.6. The topological polar surface area (TPSA) is 94.1 Å². The Morgan fingerprint density at radius 3 is 2.35 bits per heavy atom. The smallest absolute Gasteiger partial charge is 0.416 e. The van der Waals surface area contributed by atoms with Crippen molar-refractivity contribution in [3.8, 4) is 11.5 Å². The summed E-state index contributed by atoms with van der Waals surface area (Å²) in [4.78, 5) is 24.2. The van der Waals surface area contributed by atoms with Gasteiger partial charge in [-0.1, -0.05) is 12.1 Å². The van der Waals surface area contributed by atoms with E-state index in [4.69, 9.17) is 14.2 Å². The van der Waals surface area contributed by atoms with Crippen LogP contribution in [0.3, 0.4) is 0 Å². The van der Waals surface area contributed by atoms with Crippen molar-refractivity contribution in [1.82, 2.24) is 5.32 Å². The van der Waals surface area contributed by atoms with Crippen molar-refractivity contribution in [1.29, 1.82) is 0 Å². The second kappa shape index (κ2) is 11.7. The van der Waals surface area contributed by atoms with E-state index in [1.54, 1.807) is 39.0 Å². The Balaban J connectivity index is 2.23. The third-order valence-corrected chi connectivity index (χ3v) is 4.77. The van der Waals surface area contributed by atoms with E-state index in [1.807, 2.05) is 0 Å². The first-order valence-electron chi connectivity index (χ1n) is 10.6. The molecule has 2 N–H and O–H groups in total. The van der Waals surface area contributed by atoms with E-state index in [-0.39, 0.29) is 37.0 Å². The van der Waals surface area contributed by atoms with Crippen molar-refractivity contribution in [2.45, 2.75) is 52.1 Å². The van der Waals surface area contributed by atoms with Gasteiger partial charge in [0.2, 0.25) is 0 Å². The Morgan fingerprint density at radius 2 is 1.79 bits per heavy atom. The summed E-state index contributed by atoms with van der Waals surface area (Å²) in [7, 11) is 1.45. The minimum Gasteiger partial charge on any atom is -0.496 e. The molecule has 1 atom stereocenters. The van der Waals surface area contributed by atoms with Gasteiger partial charge < -0.3 is 24.6 Å². The quantitative estimate of drug-likeness (QED) is 0.490. The minimum absolute atomic E-state index is 0.00872. The lowest BCUT2D eigenvalue weighted by Crippen LogP contribution is -2.29. The molecule has 0 radical (unpaired) electrons. The predicted octanol–water partition coefficient (Wildman–Crippen LogP) is 4.46. The maximum atomic E-state index is 13.0. The number of rotatable bonds is 11. The molecule has 2 aromatic carbocycles. The van der Waals surface area contributed by atoms with Crippen LogP contribution in [-0.2, 0) is 28.7 Å². The summed E-state index contributed by atoms with van der Waals surface area (Å²) in [5.74, 6) is -1.44. The van der Waals surface area contributed by atoms with Crippen LogP contribution in [0.4, 0.5) is 13.2 Å². The maximum Gasteiger partial charge on any atom is 0.416 e. The Kier molecular flexibility index (Phi) is 9.31. The lowest BCUT2D eigenvalue weighted by atomic mass is 10.0. The van der Waals surface area contributed by atoms with Gasteiger partial charge in [-0.05, 0) is 50.6 Å². The third-order valence-electron chi connectivity index (χ3n) is 4.77. The molecular weight excluding hydrogens is 455 g/mol. The lowest BCUT2D eigenvalue weighted by Gasteiger charge is -2.18. The molecule has 7 nitrogen and oxygen atoms in total. The van der Waals surface area contributed by atoms with Gasteiger partial charge in [-0.25, -0.2) is 4.79 Å². The van der Waals surface area contributed by atoms with Gasteiger partial charge in [-0.2, -0.15) is 13.2 Å². The number of halogens is 3. The second-order valence-electron chi connectivity index (χ2n) is 7.69. The van der Waals surface area contributed by atoms with Crippen LogP contribution in [-0.4, -0.2) is 42.9 Å².